The van der Waals surface area contributed by atoms with Crippen LogP contribution in [-0.2, 0) is 9.47 Å². The van der Waals surface area contributed by atoms with Gasteiger partial charge in [-0.15, -0.1) is 0 Å². The summed E-state index contributed by atoms with van der Waals surface area (Å²) in [4.78, 5) is 26.2. The minimum absolute atomic E-state index is 0.125. The highest BCUT2D eigenvalue weighted by atomic mass is 16.5. The van der Waals surface area contributed by atoms with E-state index in [0.717, 1.165) is 55.7 Å². The molecule has 176 valence electrons. The van der Waals surface area contributed by atoms with Crippen LogP contribution in [0.25, 0.3) is 22.3 Å². The van der Waals surface area contributed by atoms with Gasteiger partial charge in [0.15, 0.2) is 11.5 Å². The average Bonchev–Trinajstić information content (AvgIpc) is 3.24. The third-order valence-corrected chi connectivity index (χ3v) is 6.87. The Bertz CT molecular complexity index is 1210. The molecule has 3 aliphatic heterocycles. The number of amides is 1. The van der Waals surface area contributed by atoms with Crippen LogP contribution in [0.3, 0.4) is 0 Å². The van der Waals surface area contributed by atoms with E-state index < -0.39 is 0 Å². The van der Waals surface area contributed by atoms with Crippen LogP contribution in [0.2, 0.25) is 0 Å². The molecule has 9 nitrogen and oxygen atoms in total. The molecular weight excluding hydrogens is 432 g/mol. The van der Waals surface area contributed by atoms with E-state index in [1.807, 2.05) is 36.5 Å². The maximum Gasteiger partial charge on any atom is 0.251 e. The smallest absolute Gasteiger partial charge is 0.251 e. The minimum Gasteiger partial charge on any atom is -0.372 e. The van der Waals surface area contributed by atoms with Crippen molar-refractivity contribution in [1.29, 1.82) is 0 Å². The Kier molecular flexibility index (Phi) is 5.70. The number of hydrazine groups is 1. The maximum atomic E-state index is 12.0. The van der Waals surface area contributed by atoms with Gasteiger partial charge >= 0.3 is 0 Å². The van der Waals surface area contributed by atoms with Crippen molar-refractivity contribution in [2.24, 2.45) is 0 Å². The van der Waals surface area contributed by atoms with Crippen molar-refractivity contribution >= 4 is 16.9 Å². The molecule has 2 aromatic heterocycles. The first kappa shape index (κ1) is 21.5. The Morgan fingerprint density at radius 3 is 2.74 bits per heavy atom. The number of aromatic nitrogens is 3. The lowest BCUT2D eigenvalue weighted by atomic mass is 10.1. The molecule has 5 heterocycles. The van der Waals surface area contributed by atoms with E-state index in [-0.39, 0.29) is 12.0 Å². The maximum absolute atomic E-state index is 12.0. The lowest BCUT2D eigenvalue weighted by molar-refractivity contribution is -0.172. The summed E-state index contributed by atoms with van der Waals surface area (Å²) < 4.78 is 12.1. The predicted octanol–water partition coefficient (Wildman–Crippen LogP) is 2.20. The fourth-order valence-corrected chi connectivity index (χ4v) is 5.08. The zero-order valence-electron chi connectivity index (χ0n) is 19.2. The number of benzene rings is 1. The Hall–Kier alpha value is -2.98. The van der Waals surface area contributed by atoms with Crippen molar-refractivity contribution < 1.29 is 14.3 Å². The zero-order chi connectivity index (χ0) is 23.1. The number of pyridine rings is 1. The van der Waals surface area contributed by atoms with Crippen molar-refractivity contribution in [2.75, 3.05) is 39.8 Å². The molecule has 3 saturated heterocycles. The first-order chi connectivity index (χ1) is 16.7. The van der Waals surface area contributed by atoms with Gasteiger partial charge in [-0.2, -0.15) is 0 Å². The number of carbonyl (C=O) groups excluding carboxylic acids is 1. The molecule has 1 amide bonds. The first-order valence-electron chi connectivity index (χ1n) is 11.9. The molecule has 1 aromatic carbocycles. The summed E-state index contributed by atoms with van der Waals surface area (Å²) in [6.07, 6.45) is 4.61. The van der Waals surface area contributed by atoms with Gasteiger partial charge in [0.1, 0.15) is 6.10 Å². The second-order valence-corrected chi connectivity index (χ2v) is 9.10. The Morgan fingerprint density at radius 2 is 1.91 bits per heavy atom. The first-order valence-corrected chi connectivity index (χ1v) is 11.9. The molecule has 6 rings (SSSR count). The normalized spacial score (nSPS) is 25.5. The summed E-state index contributed by atoms with van der Waals surface area (Å²) in [5, 5.41) is 8.34. The van der Waals surface area contributed by atoms with Crippen LogP contribution < -0.4 is 5.32 Å². The van der Waals surface area contributed by atoms with Gasteiger partial charge in [-0.05, 0) is 37.1 Å². The molecule has 0 aliphatic carbocycles. The molecule has 3 aliphatic rings. The number of hydrogen-bond acceptors (Lipinski definition) is 8. The van der Waals surface area contributed by atoms with Gasteiger partial charge in [-0.25, -0.2) is 25.0 Å². The second-order valence-electron chi connectivity index (χ2n) is 9.10. The fourth-order valence-electron chi connectivity index (χ4n) is 5.08. The van der Waals surface area contributed by atoms with Gasteiger partial charge in [-0.1, -0.05) is 12.1 Å². The van der Waals surface area contributed by atoms with Gasteiger partial charge in [0.2, 0.25) is 0 Å². The Balaban J connectivity index is 1.24. The van der Waals surface area contributed by atoms with E-state index in [2.05, 4.69) is 20.3 Å². The fraction of sp³-hybridized carbons (Fsp3) is 0.440. The summed E-state index contributed by atoms with van der Waals surface area (Å²) in [7, 11) is 1.62. The predicted molar refractivity (Wildman–Crippen MR) is 126 cm³/mol. The second kappa shape index (κ2) is 8.99. The van der Waals surface area contributed by atoms with Gasteiger partial charge in [0.05, 0.1) is 24.5 Å². The summed E-state index contributed by atoms with van der Waals surface area (Å²) in [6.45, 7) is 4.12. The largest absolute Gasteiger partial charge is 0.372 e. The molecule has 9 heteroatoms. The standard InChI is InChI=1S/C25H28N6O3/c1-26-25(32)17-4-2-3-16(11-17)21-8-5-18-12-27-24(29-23(18)28-21)22-15-30(9-10-33-22)31-13-19-6-7-20(14-31)34-19/h2-5,8,11-12,19-20,22H,6-7,9-10,13-15H2,1H3,(H,26,32). The molecule has 0 spiro atoms. The van der Waals surface area contributed by atoms with Crippen molar-refractivity contribution in [1.82, 2.24) is 30.3 Å². The van der Waals surface area contributed by atoms with Crippen molar-refractivity contribution in [3.05, 3.63) is 54.0 Å². The van der Waals surface area contributed by atoms with Crippen molar-refractivity contribution in [3.8, 4) is 11.3 Å². The molecule has 3 atom stereocenters. The summed E-state index contributed by atoms with van der Waals surface area (Å²) in [5.74, 6) is 0.525. The molecule has 0 radical (unpaired) electrons. The van der Waals surface area contributed by atoms with Crippen LogP contribution in [-0.4, -0.2) is 82.9 Å². The topological polar surface area (TPSA) is 92.7 Å². The molecular formula is C25H28N6O3. The number of hydrogen-bond donors (Lipinski definition) is 1. The van der Waals surface area contributed by atoms with Crippen molar-refractivity contribution in [2.45, 2.75) is 31.2 Å². The zero-order valence-corrected chi connectivity index (χ0v) is 19.2. The summed E-state index contributed by atoms with van der Waals surface area (Å²) in [5.41, 5.74) is 2.85. The third-order valence-electron chi connectivity index (χ3n) is 6.87. The van der Waals surface area contributed by atoms with Gasteiger partial charge in [-0.3, -0.25) is 4.79 Å². The van der Waals surface area contributed by atoms with Crippen LogP contribution in [0.5, 0.6) is 0 Å². The van der Waals surface area contributed by atoms with E-state index >= 15 is 0 Å². The number of nitrogens with one attached hydrogen (secondary N) is 1. The third kappa shape index (κ3) is 4.16. The van der Waals surface area contributed by atoms with E-state index in [1.165, 1.54) is 0 Å². The van der Waals surface area contributed by atoms with Gasteiger partial charge in [0.25, 0.3) is 5.91 Å². The number of nitrogens with zero attached hydrogens (tertiary/aromatic N) is 5. The molecule has 3 aromatic rings. The number of rotatable bonds is 4. The SMILES string of the molecule is CNC(=O)c1cccc(-c2ccc3cnc(C4CN(N5CC6CCC(C5)O6)CCO4)nc3n2)c1. The summed E-state index contributed by atoms with van der Waals surface area (Å²) >= 11 is 0. The van der Waals surface area contributed by atoms with Crippen molar-refractivity contribution in [3.63, 3.8) is 0 Å². The van der Waals surface area contributed by atoms with Gasteiger partial charge < -0.3 is 14.8 Å². The Morgan fingerprint density at radius 1 is 1.06 bits per heavy atom. The number of carbonyl (C=O) groups is 1. The molecule has 34 heavy (non-hydrogen) atoms. The van der Waals surface area contributed by atoms with Gasteiger partial charge in [0, 0.05) is 55.9 Å². The molecule has 1 N–H and O–H groups in total. The van der Waals surface area contributed by atoms with Crippen LogP contribution in [0.4, 0.5) is 0 Å². The lowest BCUT2D eigenvalue weighted by Gasteiger charge is -2.43. The summed E-state index contributed by atoms with van der Waals surface area (Å²) in [6, 6.07) is 11.3. The molecule has 2 bridgehead atoms. The number of ether oxygens (including phenoxy) is 2. The molecule has 3 unspecified atom stereocenters. The average molecular weight is 461 g/mol. The van der Waals surface area contributed by atoms with E-state index in [4.69, 9.17) is 19.4 Å². The molecule has 3 fully saturated rings. The van der Waals surface area contributed by atoms with Crippen LogP contribution >= 0.6 is 0 Å². The van der Waals surface area contributed by atoms with Crippen LogP contribution in [0.1, 0.15) is 35.1 Å². The quantitative estimate of drug-likeness (QED) is 0.634. The molecule has 0 saturated carbocycles. The number of fused-ring (bicyclic) bond motifs is 3. The van der Waals surface area contributed by atoms with E-state index in [9.17, 15) is 4.79 Å². The Labute approximate surface area is 198 Å². The van der Waals surface area contributed by atoms with E-state index in [0.29, 0.717) is 35.8 Å². The van der Waals surface area contributed by atoms with E-state index in [1.54, 1.807) is 13.1 Å². The highest BCUT2D eigenvalue weighted by Crippen LogP contribution is 2.30. The number of morpholine rings is 2. The lowest BCUT2D eigenvalue weighted by Crippen LogP contribution is -2.56. The monoisotopic (exact) mass is 460 g/mol. The highest BCUT2D eigenvalue weighted by molar-refractivity contribution is 5.95. The highest BCUT2D eigenvalue weighted by Gasteiger charge is 2.38. The van der Waals surface area contributed by atoms with Crippen LogP contribution in [0, 0.1) is 0 Å². The van der Waals surface area contributed by atoms with Crippen LogP contribution in [0.15, 0.2) is 42.6 Å². The minimum atomic E-state index is -0.208.